The van der Waals surface area contributed by atoms with E-state index in [0.29, 0.717) is 5.69 Å². The number of hydrogen-bond donors (Lipinski definition) is 2. The highest BCUT2D eigenvalue weighted by Gasteiger charge is 2.35. The molecule has 1 aliphatic rings. The van der Waals surface area contributed by atoms with Gasteiger partial charge in [-0.25, -0.2) is 0 Å². The number of carbonyl (C=O) groups is 3. The fourth-order valence-electron chi connectivity index (χ4n) is 4.43. The van der Waals surface area contributed by atoms with E-state index in [9.17, 15) is 14.4 Å². The summed E-state index contributed by atoms with van der Waals surface area (Å²) in [6, 6.07) is 12.0. The van der Waals surface area contributed by atoms with E-state index < -0.39 is 11.9 Å². The first-order valence-corrected chi connectivity index (χ1v) is 12.4. The van der Waals surface area contributed by atoms with Crippen molar-refractivity contribution in [3.05, 3.63) is 75.9 Å². The second kappa shape index (κ2) is 10.7. The van der Waals surface area contributed by atoms with Crippen LogP contribution in [0.2, 0.25) is 0 Å². The number of aryl methyl sites for hydroxylation is 2. The summed E-state index contributed by atoms with van der Waals surface area (Å²) in [6.07, 6.45) is 5.47. The molecule has 0 saturated heterocycles. The number of benzene rings is 1. The number of carbonyl (C=O) groups excluding carboxylic acids is 3. The molecule has 1 fully saturated rings. The maximum atomic E-state index is 13.6. The van der Waals surface area contributed by atoms with Crippen molar-refractivity contribution in [1.82, 2.24) is 10.6 Å². The van der Waals surface area contributed by atoms with Crippen molar-refractivity contribution < 1.29 is 18.8 Å². The van der Waals surface area contributed by atoms with Gasteiger partial charge in [0.2, 0.25) is 11.8 Å². The lowest BCUT2D eigenvalue weighted by atomic mass is 10.1. The van der Waals surface area contributed by atoms with Gasteiger partial charge in [0, 0.05) is 16.6 Å². The van der Waals surface area contributed by atoms with Crippen LogP contribution in [-0.2, 0) is 9.59 Å². The molecule has 178 valence electrons. The van der Waals surface area contributed by atoms with Gasteiger partial charge in [-0.2, -0.15) is 0 Å². The lowest BCUT2D eigenvalue weighted by Gasteiger charge is -2.32. The summed E-state index contributed by atoms with van der Waals surface area (Å²) in [5, 5.41) is 7.68. The molecule has 1 atom stereocenters. The third-order valence-corrected chi connectivity index (χ3v) is 6.84. The van der Waals surface area contributed by atoms with Gasteiger partial charge in [0.1, 0.15) is 6.04 Å². The molecule has 0 aliphatic heterocycles. The minimum absolute atomic E-state index is 0.116. The average Bonchev–Trinajstić information content (AvgIpc) is 3.58. The summed E-state index contributed by atoms with van der Waals surface area (Å²) in [5.41, 5.74) is 2.58. The number of anilines is 1. The van der Waals surface area contributed by atoms with Crippen LogP contribution in [0.4, 0.5) is 5.69 Å². The van der Waals surface area contributed by atoms with Crippen LogP contribution in [0.3, 0.4) is 0 Å². The molecule has 3 aromatic rings. The zero-order chi connectivity index (χ0) is 24.1. The van der Waals surface area contributed by atoms with Crippen LogP contribution in [0.1, 0.15) is 58.3 Å². The average molecular weight is 480 g/mol. The molecule has 7 nitrogen and oxygen atoms in total. The Morgan fingerprint density at radius 1 is 1.09 bits per heavy atom. The van der Waals surface area contributed by atoms with E-state index in [-0.39, 0.29) is 30.2 Å². The van der Waals surface area contributed by atoms with Crippen LogP contribution in [0.15, 0.2) is 58.5 Å². The van der Waals surface area contributed by atoms with Crippen molar-refractivity contribution in [3.8, 4) is 0 Å². The Kier molecular flexibility index (Phi) is 7.47. The third-order valence-electron chi connectivity index (χ3n) is 5.92. The molecule has 2 heterocycles. The fourth-order valence-corrected chi connectivity index (χ4v) is 5.25. The SMILES string of the molecule is Cc1cc(C)cc(N(C(=O)CNC(=O)c2ccco2)[C@@H](C(=O)NC2CCCC2)c2cccs2)c1. The van der Waals surface area contributed by atoms with Gasteiger partial charge in [-0.1, -0.05) is 25.0 Å². The van der Waals surface area contributed by atoms with E-state index >= 15 is 0 Å². The van der Waals surface area contributed by atoms with E-state index in [1.165, 1.54) is 28.6 Å². The molecule has 1 aliphatic carbocycles. The van der Waals surface area contributed by atoms with E-state index in [1.807, 2.05) is 49.6 Å². The van der Waals surface area contributed by atoms with Crippen LogP contribution >= 0.6 is 11.3 Å². The smallest absolute Gasteiger partial charge is 0.287 e. The first kappa shape index (κ1) is 23.8. The van der Waals surface area contributed by atoms with E-state index in [1.54, 1.807) is 6.07 Å². The molecule has 8 heteroatoms. The van der Waals surface area contributed by atoms with Crippen molar-refractivity contribution in [2.45, 2.75) is 51.6 Å². The summed E-state index contributed by atoms with van der Waals surface area (Å²) in [5.74, 6) is -0.953. The molecule has 0 radical (unpaired) electrons. The second-order valence-electron chi connectivity index (χ2n) is 8.68. The molecule has 2 aromatic heterocycles. The molecule has 4 rings (SSSR count). The molecule has 0 spiro atoms. The van der Waals surface area contributed by atoms with Crippen LogP contribution in [0, 0.1) is 13.8 Å². The monoisotopic (exact) mass is 479 g/mol. The lowest BCUT2D eigenvalue weighted by Crippen LogP contribution is -2.49. The molecule has 0 unspecified atom stereocenters. The highest BCUT2D eigenvalue weighted by molar-refractivity contribution is 7.10. The van der Waals surface area contributed by atoms with Crippen molar-refractivity contribution >= 4 is 34.7 Å². The normalized spacial score (nSPS) is 14.5. The summed E-state index contributed by atoms with van der Waals surface area (Å²) in [6.45, 7) is 3.64. The van der Waals surface area contributed by atoms with Crippen LogP contribution in [-0.4, -0.2) is 30.3 Å². The Morgan fingerprint density at radius 3 is 2.44 bits per heavy atom. The molecule has 34 heavy (non-hydrogen) atoms. The Bertz CT molecular complexity index is 1110. The number of amides is 3. The standard InChI is InChI=1S/C26H29N3O4S/c1-17-13-18(2)15-20(14-17)29(23(30)16-27-25(31)21-9-5-11-33-21)24(22-10-6-12-34-22)26(32)28-19-7-3-4-8-19/h5-6,9-15,19,24H,3-4,7-8,16H2,1-2H3,(H,27,31)(H,28,32)/t24-/m1/s1. The number of hydrogen-bond acceptors (Lipinski definition) is 5. The first-order chi connectivity index (χ1) is 16.4. The third kappa shape index (κ3) is 5.56. The van der Waals surface area contributed by atoms with Gasteiger partial charge in [-0.15, -0.1) is 11.3 Å². The van der Waals surface area contributed by atoms with Gasteiger partial charge >= 0.3 is 0 Å². The highest BCUT2D eigenvalue weighted by atomic mass is 32.1. The Balaban J connectivity index is 1.67. The zero-order valence-corrected chi connectivity index (χ0v) is 20.2. The minimum Gasteiger partial charge on any atom is -0.459 e. The highest BCUT2D eigenvalue weighted by Crippen LogP contribution is 2.32. The lowest BCUT2D eigenvalue weighted by molar-refractivity contribution is -0.126. The molecular weight excluding hydrogens is 450 g/mol. The number of furan rings is 1. The second-order valence-corrected chi connectivity index (χ2v) is 9.66. The Hall–Kier alpha value is -3.39. The van der Waals surface area contributed by atoms with E-state index in [2.05, 4.69) is 10.6 Å². The van der Waals surface area contributed by atoms with Gasteiger partial charge in [-0.3, -0.25) is 19.3 Å². The van der Waals surface area contributed by atoms with E-state index in [4.69, 9.17) is 4.42 Å². The summed E-state index contributed by atoms with van der Waals surface area (Å²) in [7, 11) is 0. The maximum absolute atomic E-state index is 13.6. The summed E-state index contributed by atoms with van der Waals surface area (Å²) < 4.78 is 5.12. The van der Waals surface area contributed by atoms with E-state index in [0.717, 1.165) is 41.7 Å². The molecule has 3 amide bonds. The zero-order valence-electron chi connectivity index (χ0n) is 19.4. The Labute approximate surface area is 203 Å². The van der Waals surface area contributed by atoms with Crippen molar-refractivity contribution in [2.24, 2.45) is 0 Å². The van der Waals surface area contributed by atoms with Crippen LogP contribution in [0.25, 0.3) is 0 Å². The van der Waals surface area contributed by atoms with Crippen molar-refractivity contribution in [3.63, 3.8) is 0 Å². The quantitative estimate of drug-likeness (QED) is 0.497. The predicted molar refractivity (Wildman–Crippen MR) is 132 cm³/mol. The van der Waals surface area contributed by atoms with Crippen LogP contribution < -0.4 is 15.5 Å². The maximum Gasteiger partial charge on any atom is 0.287 e. The summed E-state index contributed by atoms with van der Waals surface area (Å²) >= 11 is 1.43. The largest absolute Gasteiger partial charge is 0.459 e. The number of rotatable bonds is 8. The van der Waals surface area contributed by atoms with Gasteiger partial charge < -0.3 is 15.1 Å². The van der Waals surface area contributed by atoms with Crippen molar-refractivity contribution in [2.75, 3.05) is 11.4 Å². The Morgan fingerprint density at radius 2 is 1.82 bits per heavy atom. The first-order valence-electron chi connectivity index (χ1n) is 11.5. The molecule has 0 bridgehead atoms. The molecule has 2 N–H and O–H groups in total. The fraction of sp³-hybridized carbons (Fsp3) is 0.346. The predicted octanol–water partition coefficient (Wildman–Crippen LogP) is 4.52. The summed E-state index contributed by atoms with van der Waals surface area (Å²) in [4.78, 5) is 41.9. The van der Waals surface area contributed by atoms with Gasteiger partial charge in [-0.05, 0) is 73.5 Å². The number of nitrogens with one attached hydrogen (secondary N) is 2. The topological polar surface area (TPSA) is 91.7 Å². The minimum atomic E-state index is -0.838. The number of thiophene rings is 1. The molecular formula is C26H29N3O4S. The number of nitrogens with zero attached hydrogens (tertiary/aromatic N) is 1. The van der Waals surface area contributed by atoms with Gasteiger partial charge in [0.25, 0.3) is 5.91 Å². The van der Waals surface area contributed by atoms with Crippen LogP contribution in [0.5, 0.6) is 0 Å². The molecule has 1 aromatic carbocycles. The van der Waals surface area contributed by atoms with Crippen molar-refractivity contribution in [1.29, 1.82) is 0 Å². The molecule has 1 saturated carbocycles. The van der Waals surface area contributed by atoms with Gasteiger partial charge in [0.05, 0.1) is 12.8 Å². The van der Waals surface area contributed by atoms with Gasteiger partial charge in [0.15, 0.2) is 5.76 Å².